The van der Waals surface area contributed by atoms with Gasteiger partial charge in [0, 0.05) is 53.4 Å². The van der Waals surface area contributed by atoms with Crippen LogP contribution in [0.2, 0.25) is 0 Å². The summed E-state index contributed by atoms with van der Waals surface area (Å²) in [5, 5.41) is 7.12. The molecule has 0 unspecified atom stereocenters. The van der Waals surface area contributed by atoms with Crippen LogP contribution in [0.1, 0.15) is 141 Å². The van der Waals surface area contributed by atoms with Crippen molar-refractivity contribution >= 4 is 28.1 Å². The first-order valence-corrected chi connectivity index (χ1v) is 19.4. The van der Waals surface area contributed by atoms with Crippen LogP contribution in [0.5, 0.6) is 0 Å². The van der Waals surface area contributed by atoms with E-state index >= 15 is 0 Å². The van der Waals surface area contributed by atoms with Crippen LogP contribution < -0.4 is 0 Å². The van der Waals surface area contributed by atoms with Gasteiger partial charge in [-0.15, -0.1) is 0 Å². The average Bonchev–Trinajstić information content (AvgIpc) is 3.35. The van der Waals surface area contributed by atoms with Crippen molar-refractivity contribution in [3.8, 4) is 0 Å². The van der Waals surface area contributed by atoms with E-state index in [2.05, 4.69) is 4.67 Å². The van der Waals surface area contributed by atoms with Gasteiger partial charge < -0.3 is 14.3 Å². The number of amides is 1. The van der Waals surface area contributed by atoms with Crippen LogP contribution in [0.15, 0.2) is 0 Å². The Hall–Kier alpha value is 0.173. The van der Waals surface area contributed by atoms with Crippen molar-refractivity contribution in [3.63, 3.8) is 0 Å². The standard InChI is InChI=1S/C29H51NO2P2.C2HF3O2.Rh/c31-29-22-21-24(23-32-34(27-17-9-3-10-18-27)28-19-11-4-12-20-28)30(29)33(25-13-5-1-6-14-25)26-15-7-2-8-16-26;3-2(4,5)1(6)7;/h24-28H,1-23H2;(H,6,7);/t24-;;/m0../s1. The van der Waals surface area contributed by atoms with E-state index in [9.17, 15) is 18.0 Å². The van der Waals surface area contributed by atoms with E-state index in [0.29, 0.717) is 11.9 Å². The number of carboxylic acids is 1. The number of nitrogens with zero attached hydrogens (tertiary/aromatic N) is 1. The number of carbonyl (C=O) groups is 2. The number of carbonyl (C=O) groups excluding carboxylic acids is 1. The maximum Gasteiger partial charge on any atom is 0.490 e. The fourth-order valence-electron chi connectivity index (χ4n) is 7.90. The molecule has 245 valence electrons. The summed E-state index contributed by atoms with van der Waals surface area (Å²) in [6.07, 6.45) is 24.9. The minimum absolute atomic E-state index is 0. The first-order chi connectivity index (χ1) is 19.8. The van der Waals surface area contributed by atoms with E-state index in [0.717, 1.165) is 42.1 Å². The van der Waals surface area contributed by atoms with Crippen molar-refractivity contribution < 1.29 is 51.9 Å². The molecule has 5 rings (SSSR count). The van der Waals surface area contributed by atoms with Gasteiger partial charge >= 0.3 is 12.1 Å². The average molecular weight is 725 g/mol. The summed E-state index contributed by atoms with van der Waals surface area (Å²) in [6, 6.07) is 0.389. The van der Waals surface area contributed by atoms with Crippen LogP contribution in [0.4, 0.5) is 13.2 Å². The van der Waals surface area contributed by atoms with Crippen LogP contribution in [-0.4, -0.2) is 63.1 Å². The Bertz CT molecular complexity index is 778. The van der Waals surface area contributed by atoms with Crippen LogP contribution in [0, 0.1) is 0 Å². The minimum atomic E-state index is -5.08. The maximum atomic E-state index is 13.5. The number of aliphatic carboxylic acids is 1. The quantitative estimate of drug-likeness (QED) is 0.200. The Morgan fingerprint density at radius 3 is 1.43 bits per heavy atom. The number of halogens is 3. The molecule has 1 amide bonds. The van der Waals surface area contributed by atoms with Crippen molar-refractivity contribution in [3.05, 3.63) is 0 Å². The Morgan fingerprint density at radius 1 is 0.714 bits per heavy atom. The molecule has 1 saturated heterocycles. The van der Waals surface area contributed by atoms with Gasteiger partial charge in [0.2, 0.25) is 5.91 Å². The molecule has 5 aliphatic rings. The fourth-order valence-corrected chi connectivity index (χ4v) is 15.0. The van der Waals surface area contributed by atoms with Gasteiger partial charge in [-0.3, -0.25) is 4.79 Å². The van der Waals surface area contributed by atoms with E-state index in [1.54, 1.807) is 0 Å². The van der Waals surface area contributed by atoms with Crippen LogP contribution in [-0.2, 0) is 33.6 Å². The third kappa shape index (κ3) is 10.6. The second-order valence-corrected chi connectivity index (χ2v) is 18.0. The second kappa shape index (κ2) is 18.4. The van der Waals surface area contributed by atoms with E-state index in [1.807, 2.05) is 0 Å². The molecule has 5 fully saturated rings. The molecule has 4 saturated carbocycles. The second-order valence-electron chi connectivity index (χ2n) is 12.9. The van der Waals surface area contributed by atoms with Crippen LogP contribution >= 0.6 is 16.2 Å². The third-order valence-corrected chi connectivity index (χ3v) is 16.5. The van der Waals surface area contributed by atoms with E-state index in [-0.39, 0.29) is 35.7 Å². The zero-order valence-electron chi connectivity index (χ0n) is 25.1. The maximum absolute atomic E-state index is 13.5. The molecule has 1 aliphatic heterocycles. The molecule has 1 radical (unpaired) electrons. The molecule has 4 aliphatic carbocycles. The smallest absolute Gasteiger partial charge is 0.475 e. The summed E-state index contributed by atoms with van der Waals surface area (Å²) >= 11 is 0. The fraction of sp³-hybridized carbons (Fsp3) is 0.935. The third-order valence-electron chi connectivity index (χ3n) is 9.97. The predicted octanol–water partition coefficient (Wildman–Crippen LogP) is 9.75. The van der Waals surface area contributed by atoms with Crippen LogP contribution in [0.3, 0.4) is 0 Å². The van der Waals surface area contributed by atoms with E-state index < -0.39 is 12.1 Å². The van der Waals surface area contributed by atoms with Crippen molar-refractivity contribution in [2.75, 3.05) is 6.61 Å². The molecule has 1 heterocycles. The topological polar surface area (TPSA) is 66.8 Å². The summed E-state index contributed by atoms with van der Waals surface area (Å²) in [5.74, 6) is -2.26. The van der Waals surface area contributed by atoms with Gasteiger partial charge in [0.15, 0.2) is 0 Å². The number of carboxylic acid groups (broad SMARTS) is 1. The largest absolute Gasteiger partial charge is 0.490 e. The van der Waals surface area contributed by atoms with Crippen molar-refractivity contribution in [2.24, 2.45) is 0 Å². The zero-order chi connectivity index (χ0) is 29.2. The van der Waals surface area contributed by atoms with Crippen molar-refractivity contribution in [1.82, 2.24) is 4.67 Å². The molecule has 42 heavy (non-hydrogen) atoms. The van der Waals surface area contributed by atoms with Gasteiger partial charge in [0.1, 0.15) is 0 Å². The molecule has 1 atom stereocenters. The zero-order valence-corrected chi connectivity index (χ0v) is 28.6. The van der Waals surface area contributed by atoms with Gasteiger partial charge in [-0.25, -0.2) is 4.79 Å². The number of rotatable bonds is 8. The van der Waals surface area contributed by atoms with Gasteiger partial charge in [0.05, 0.1) is 12.6 Å². The number of hydrogen-bond acceptors (Lipinski definition) is 3. The summed E-state index contributed by atoms with van der Waals surface area (Å²) in [7, 11) is -0.651. The Labute approximate surface area is 266 Å². The SMILES string of the molecule is O=C(O)C(F)(F)F.O=C1CC[C@@H](COP(C2CCCCC2)C2CCCCC2)N1P(C1CCCCC1)C1CCCCC1.[Rh]. The van der Waals surface area contributed by atoms with Gasteiger partial charge in [-0.2, -0.15) is 13.2 Å². The van der Waals surface area contributed by atoms with Gasteiger partial charge in [0.25, 0.3) is 0 Å². The molecule has 0 bridgehead atoms. The molecule has 0 spiro atoms. The molecular weight excluding hydrogens is 672 g/mol. The molecule has 0 aromatic carbocycles. The summed E-state index contributed by atoms with van der Waals surface area (Å²) in [5.41, 5.74) is 3.32. The summed E-state index contributed by atoms with van der Waals surface area (Å²) in [6.45, 7) is 0.864. The first-order valence-electron chi connectivity index (χ1n) is 16.6. The Morgan fingerprint density at radius 2 is 1.07 bits per heavy atom. The van der Waals surface area contributed by atoms with Crippen molar-refractivity contribution in [1.29, 1.82) is 0 Å². The summed E-state index contributed by atoms with van der Waals surface area (Å²) < 4.78 is 41.4. The normalized spacial score (nSPS) is 25.8. The Balaban J connectivity index is 0.000000541. The van der Waals surface area contributed by atoms with Gasteiger partial charge in [-0.1, -0.05) is 77.0 Å². The molecule has 0 aromatic rings. The monoisotopic (exact) mass is 724 g/mol. The number of hydrogen-bond donors (Lipinski definition) is 1. The van der Waals surface area contributed by atoms with E-state index in [1.165, 1.54) is 128 Å². The predicted molar refractivity (Wildman–Crippen MR) is 161 cm³/mol. The first kappa shape index (κ1) is 36.6. The molecule has 11 heteroatoms. The van der Waals surface area contributed by atoms with E-state index in [4.69, 9.17) is 14.4 Å². The summed E-state index contributed by atoms with van der Waals surface area (Å²) in [4.78, 5) is 22.3. The molecule has 5 nitrogen and oxygen atoms in total. The number of alkyl halides is 3. The molecular formula is C31H52F3NO4P2Rh. The van der Waals surface area contributed by atoms with Crippen LogP contribution in [0.25, 0.3) is 0 Å². The Kier molecular flexibility index (Phi) is 16.0. The van der Waals surface area contributed by atoms with Gasteiger partial charge in [-0.05, 0) is 69.1 Å². The minimum Gasteiger partial charge on any atom is -0.475 e. The molecule has 0 aromatic heterocycles. The van der Waals surface area contributed by atoms with Crippen molar-refractivity contribution in [2.45, 2.75) is 176 Å². The molecule has 1 N–H and O–H groups in total.